The fourth-order valence-corrected chi connectivity index (χ4v) is 3.66. The fourth-order valence-electron chi connectivity index (χ4n) is 3.66. The molecule has 10 heteroatoms. The second kappa shape index (κ2) is 9.73. The SMILES string of the molecule is CCCCOc1nc(N)c2[nH]c(=O)n(CCC3CCN(C(=O)CNC)CC3)c2n1. The van der Waals surface area contributed by atoms with Gasteiger partial charge in [0.2, 0.25) is 5.91 Å². The molecule has 1 amide bonds. The van der Waals surface area contributed by atoms with Gasteiger partial charge in [0.15, 0.2) is 11.5 Å². The predicted octanol–water partition coefficient (Wildman–Crippen LogP) is 0.729. The molecular formula is C19H31N7O3. The van der Waals surface area contributed by atoms with E-state index in [1.165, 1.54) is 0 Å². The number of imidazole rings is 1. The number of rotatable bonds is 9. The van der Waals surface area contributed by atoms with Gasteiger partial charge in [0, 0.05) is 19.6 Å². The summed E-state index contributed by atoms with van der Waals surface area (Å²) in [6.45, 7) is 5.03. The van der Waals surface area contributed by atoms with E-state index in [9.17, 15) is 9.59 Å². The number of aromatic amines is 1. The minimum Gasteiger partial charge on any atom is -0.463 e. The number of piperidine rings is 1. The van der Waals surface area contributed by atoms with E-state index < -0.39 is 0 Å². The summed E-state index contributed by atoms with van der Waals surface area (Å²) in [5.41, 5.74) is 6.68. The lowest BCUT2D eigenvalue weighted by Gasteiger charge is -2.32. The van der Waals surface area contributed by atoms with Crippen LogP contribution in [0, 0.1) is 5.92 Å². The molecule has 0 unspecified atom stereocenters. The van der Waals surface area contributed by atoms with Crippen LogP contribution in [0.25, 0.3) is 11.2 Å². The van der Waals surface area contributed by atoms with Crippen LogP contribution in [0.4, 0.5) is 5.82 Å². The van der Waals surface area contributed by atoms with Crippen molar-refractivity contribution in [2.45, 2.75) is 45.6 Å². The van der Waals surface area contributed by atoms with Crippen molar-refractivity contribution in [1.29, 1.82) is 0 Å². The monoisotopic (exact) mass is 405 g/mol. The second-order valence-electron chi connectivity index (χ2n) is 7.52. The van der Waals surface area contributed by atoms with Crippen molar-refractivity contribution in [2.75, 3.05) is 39.0 Å². The van der Waals surface area contributed by atoms with Crippen LogP contribution in [0.3, 0.4) is 0 Å². The number of carbonyl (C=O) groups excluding carboxylic acids is 1. The third kappa shape index (κ3) is 5.06. The number of likely N-dealkylation sites (tertiary alicyclic amines) is 1. The first-order valence-corrected chi connectivity index (χ1v) is 10.3. The van der Waals surface area contributed by atoms with Crippen molar-refractivity contribution in [3.63, 3.8) is 0 Å². The molecule has 0 bridgehead atoms. The highest BCUT2D eigenvalue weighted by Gasteiger charge is 2.23. The van der Waals surface area contributed by atoms with Gasteiger partial charge in [-0.3, -0.25) is 9.36 Å². The zero-order valence-electron chi connectivity index (χ0n) is 17.2. The maximum absolute atomic E-state index is 12.4. The Balaban J connectivity index is 1.65. The number of nitrogens with one attached hydrogen (secondary N) is 2. The molecule has 29 heavy (non-hydrogen) atoms. The van der Waals surface area contributed by atoms with Crippen LogP contribution in [-0.2, 0) is 11.3 Å². The van der Waals surface area contributed by atoms with Crippen LogP contribution in [0.15, 0.2) is 4.79 Å². The number of hydrogen-bond donors (Lipinski definition) is 3. The van der Waals surface area contributed by atoms with E-state index in [1.54, 1.807) is 11.6 Å². The highest BCUT2D eigenvalue weighted by molar-refractivity contribution is 5.81. The molecule has 4 N–H and O–H groups in total. The molecular weight excluding hydrogens is 374 g/mol. The normalized spacial score (nSPS) is 15.2. The van der Waals surface area contributed by atoms with Crippen LogP contribution in [-0.4, -0.2) is 63.6 Å². The Morgan fingerprint density at radius 3 is 2.79 bits per heavy atom. The lowest BCUT2D eigenvalue weighted by atomic mass is 9.93. The van der Waals surface area contributed by atoms with Crippen molar-refractivity contribution in [3.05, 3.63) is 10.5 Å². The molecule has 3 heterocycles. The fraction of sp³-hybridized carbons (Fsp3) is 0.684. The van der Waals surface area contributed by atoms with Gasteiger partial charge in [-0.1, -0.05) is 13.3 Å². The molecule has 0 radical (unpaired) electrons. The lowest BCUT2D eigenvalue weighted by Crippen LogP contribution is -2.42. The number of aromatic nitrogens is 4. The van der Waals surface area contributed by atoms with Crippen molar-refractivity contribution in [3.8, 4) is 6.01 Å². The first-order valence-electron chi connectivity index (χ1n) is 10.3. The molecule has 0 saturated carbocycles. The molecule has 1 fully saturated rings. The molecule has 160 valence electrons. The number of nitrogen functional groups attached to an aromatic ring is 1. The standard InChI is InChI=1S/C19H31N7O3/c1-3-4-11-29-18-23-16(20)15-17(24-18)26(19(28)22-15)10-7-13-5-8-25(9-6-13)14(27)12-21-2/h13,21H,3-12H2,1-2H3,(H,22,28)(H2,20,23,24). The third-order valence-electron chi connectivity index (χ3n) is 5.42. The van der Waals surface area contributed by atoms with Crippen LogP contribution >= 0.6 is 0 Å². The van der Waals surface area contributed by atoms with Gasteiger partial charge < -0.3 is 25.7 Å². The van der Waals surface area contributed by atoms with Gasteiger partial charge in [-0.2, -0.15) is 9.97 Å². The Morgan fingerprint density at radius 1 is 1.34 bits per heavy atom. The summed E-state index contributed by atoms with van der Waals surface area (Å²) in [6, 6.07) is 0.201. The molecule has 0 atom stereocenters. The first-order chi connectivity index (χ1) is 14.0. The van der Waals surface area contributed by atoms with Crippen molar-refractivity contribution < 1.29 is 9.53 Å². The summed E-state index contributed by atoms with van der Waals surface area (Å²) >= 11 is 0. The van der Waals surface area contributed by atoms with E-state index in [4.69, 9.17) is 10.5 Å². The smallest absolute Gasteiger partial charge is 0.327 e. The van der Waals surface area contributed by atoms with E-state index in [-0.39, 0.29) is 23.4 Å². The zero-order chi connectivity index (χ0) is 20.8. The molecule has 3 rings (SSSR count). The number of H-pyrrole nitrogens is 1. The Labute approximate surface area is 169 Å². The third-order valence-corrected chi connectivity index (χ3v) is 5.42. The van der Waals surface area contributed by atoms with Crippen molar-refractivity contribution in [1.82, 2.24) is 29.7 Å². The Bertz CT molecular complexity index is 884. The highest BCUT2D eigenvalue weighted by atomic mass is 16.5. The van der Waals surface area contributed by atoms with E-state index in [2.05, 4.69) is 27.2 Å². The summed E-state index contributed by atoms with van der Waals surface area (Å²) in [4.78, 5) is 37.6. The Kier molecular flexibility index (Phi) is 7.08. The minimum absolute atomic E-state index is 0.140. The van der Waals surface area contributed by atoms with Crippen LogP contribution < -0.4 is 21.5 Å². The topological polar surface area (TPSA) is 131 Å². The summed E-state index contributed by atoms with van der Waals surface area (Å²) in [7, 11) is 1.78. The number of ether oxygens (including phenoxy) is 1. The van der Waals surface area contributed by atoms with Crippen LogP contribution in [0.1, 0.15) is 39.0 Å². The minimum atomic E-state index is -0.242. The maximum atomic E-state index is 12.4. The Morgan fingerprint density at radius 2 is 2.10 bits per heavy atom. The number of aryl methyl sites for hydroxylation is 1. The molecule has 1 saturated heterocycles. The number of nitrogens with two attached hydrogens (primary N) is 1. The molecule has 0 spiro atoms. The first kappa shape index (κ1) is 21.1. The predicted molar refractivity (Wildman–Crippen MR) is 111 cm³/mol. The molecule has 1 aliphatic heterocycles. The molecule has 0 aromatic carbocycles. The van der Waals surface area contributed by atoms with E-state index in [0.717, 1.165) is 45.2 Å². The maximum Gasteiger partial charge on any atom is 0.327 e. The highest BCUT2D eigenvalue weighted by Crippen LogP contribution is 2.23. The molecule has 10 nitrogen and oxygen atoms in total. The largest absolute Gasteiger partial charge is 0.463 e. The van der Waals surface area contributed by atoms with Gasteiger partial charge in [0.1, 0.15) is 5.52 Å². The van der Waals surface area contributed by atoms with E-state index in [0.29, 0.717) is 36.8 Å². The molecule has 2 aromatic rings. The number of fused-ring (bicyclic) bond motifs is 1. The number of hydrogen-bond acceptors (Lipinski definition) is 7. The molecule has 0 aliphatic carbocycles. The van der Waals surface area contributed by atoms with Crippen molar-refractivity contribution in [2.24, 2.45) is 5.92 Å². The van der Waals surface area contributed by atoms with Gasteiger partial charge in [-0.15, -0.1) is 0 Å². The van der Waals surface area contributed by atoms with E-state index >= 15 is 0 Å². The number of carbonyl (C=O) groups is 1. The molecule has 1 aliphatic rings. The van der Waals surface area contributed by atoms with Crippen molar-refractivity contribution >= 4 is 22.9 Å². The van der Waals surface area contributed by atoms with Gasteiger partial charge in [0.25, 0.3) is 0 Å². The van der Waals surface area contributed by atoms with Gasteiger partial charge in [0.05, 0.1) is 13.2 Å². The quantitative estimate of drug-likeness (QED) is 0.524. The average molecular weight is 406 g/mol. The van der Waals surface area contributed by atoms with Crippen LogP contribution in [0.2, 0.25) is 0 Å². The summed E-state index contributed by atoms with van der Waals surface area (Å²) in [5.74, 6) is 0.820. The number of nitrogens with zero attached hydrogens (tertiary/aromatic N) is 4. The summed E-state index contributed by atoms with van der Waals surface area (Å²) < 4.78 is 7.18. The number of amides is 1. The Hall–Kier alpha value is -2.62. The lowest BCUT2D eigenvalue weighted by molar-refractivity contribution is -0.131. The average Bonchev–Trinajstić information content (AvgIpc) is 3.03. The number of likely N-dealkylation sites (N-methyl/N-ethyl adjacent to an activating group) is 1. The van der Waals surface area contributed by atoms with E-state index in [1.807, 2.05) is 4.90 Å². The van der Waals surface area contributed by atoms with Gasteiger partial charge in [-0.05, 0) is 38.6 Å². The molecule has 2 aromatic heterocycles. The second-order valence-corrected chi connectivity index (χ2v) is 7.52. The summed E-state index contributed by atoms with van der Waals surface area (Å²) in [6.07, 6.45) is 4.63. The number of anilines is 1. The van der Waals surface area contributed by atoms with Gasteiger partial charge >= 0.3 is 11.7 Å². The van der Waals surface area contributed by atoms with Gasteiger partial charge in [-0.25, -0.2) is 4.79 Å². The zero-order valence-corrected chi connectivity index (χ0v) is 17.2. The number of unbranched alkanes of at least 4 members (excludes halogenated alkanes) is 1. The summed E-state index contributed by atoms with van der Waals surface area (Å²) in [5, 5.41) is 2.90. The van der Waals surface area contributed by atoms with Crippen LogP contribution in [0.5, 0.6) is 6.01 Å².